The molecule has 0 fully saturated rings. The van der Waals surface area contributed by atoms with E-state index < -0.39 is 0 Å². The summed E-state index contributed by atoms with van der Waals surface area (Å²) >= 11 is 0. The Balaban J connectivity index is 1.66. The summed E-state index contributed by atoms with van der Waals surface area (Å²) in [6.07, 6.45) is 3.57. The van der Waals surface area contributed by atoms with E-state index in [9.17, 15) is 9.59 Å². The minimum absolute atomic E-state index is 0.140. The van der Waals surface area contributed by atoms with Crippen molar-refractivity contribution in [2.45, 2.75) is 13.1 Å². The zero-order chi connectivity index (χ0) is 24.5. The quantitative estimate of drug-likeness (QED) is 0.394. The van der Waals surface area contributed by atoms with Crippen LogP contribution in [0.2, 0.25) is 0 Å². The van der Waals surface area contributed by atoms with Crippen LogP contribution in [-0.4, -0.2) is 38.1 Å². The monoisotopic (exact) mass is 471 g/mol. The molecule has 35 heavy (non-hydrogen) atoms. The first-order valence-corrected chi connectivity index (χ1v) is 11.1. The molecule has 0 radical (unpaired) electrons. The van der Waals surface area contributed by atoms with Crippen LogP contribution in [0.5, 0.6) is 11.5 Å². The molecule has 0 aliphatic rings. The third-order valence-corrected chi connectivity index (χ3v) is 6.02. The van der Waals surface area contributed by atoms with E-state index in [-0.39, 0.29) is 17.8 Å². The zero-order valence-electron chi connectivity index (χ0n) is 19.7. The summed E-state index contributed by atoms with van der Waals surface area (Å²) in [6, 6.07) is 16.7. The van der Waals surface area contributed by atoms with Gasteiger partial charge in [0.25, 0.3) is 5.56 Å². The molecule has 5 aromatic rings. The molecule has 3 aromatic heterocycles. The summed E-state index contributed by atoms with van der Waals surface area (Å²) in [7, 11) is 5.03. The number of fused-ring (bicyclic) bond motifs is 1. The molecule has 5 rings (SSSR count). The van der Waals surface area contributed by atoms with Gasteiger partial charge >= 0.3 is 5.69 Å². The van der Waals surface area contributed by atoms with Gasteiger partial charge in [-0.2, -0.15) is 5.10 Å². The molecule has 0 saturated heterocycles. The maximum atomic E-state index is 13.7. The number of aryl methyl sites for hydroxylation is 1. The number of nitrogens with one attached hydrogen (secondary N) is 1. The lowest BCUT2D eigenvalue weighted by Gasteiger charge is -2.13. The second kappa shape index (κ2) is 9.02. The number of aromatic nitrogens is 5. The summed E-state index contributed by atoms with van der Waals surface area (Å²) in [5, 5.41) is 4.22. The van der Waals surface area contributed by atoms with E-state index in [1.54, 1.807) is 29.7 Å². The number of aromatic amines is 1. The van der Waals surface area contributed by atoms with Gasteiger partial charge in [0.15, 0.2) is 0 Å². The first-order chi connectivity index (χ1) is 17.0. The largest absolute Gasteiger partial charge is 0.497 e. The Morgan fingerprint density at radius 1 is 0.857 bits per heavy atom. The molecule has 178 valence electrons. The zero-order valence-corrected chi connectivity index (χ0v) is 19.7. The van der Waals surface area contributed by atoms with Crippen molar-refractivity contribution in [3.63, 3.8) is 0 Å². The molecule has 0 bridgehead atoms. The maximum absolute atomic E-state index is 13.7. The number of hydrogen-bond acceptors (Lipinski definition) is 5. The summed E-state index contributed by atoms with van der Waals surface area (Å²) in [4.78, 5) is 30.3. The maximum Gasteiger partial charge on any atom is 0.332 e. The van der Waals surface area contributed by atoms with Gasteiger partial charge in [0, 0.05) is 18.8 Å². The average molecular weight is 472 g/mol. The van der Waals surface area contributed by atoms with Gasteiger partial charge in [-0.15, -0.1) is 0 Å². The Morgan fingerprint density at radius 3 is 1.94 bits per heavy atom. The standard InChI is InChI=1S/C26H25N5O4/c1-29-16-19(13-27-29)22-12-23-24(28-22)25(32)31(15-18-6-10-21(35-3)11-7-18)26(33)30(23)14-17-4-8-20(34-2)9-5-17/h4-13,16,28H,14-15H2,1-3H3. The van der Waals surface area contributed by atoms with Gasteiger partial charge in [0.05, 0.1) is 44.7 Å². The highest BCUT2D eigenvalue weighted by Crippen LogP contribution is 2.22. The van der Waals surface area contributed by atoms with Crippen LogP contribution in [-0.2, 0) is 20.1 Å². The number of methoxy groups -OCH3 is 2. The van der Waals surface area contributed by atoms with Gasteiger partial charge in [0.1, 0.15) is 17.0 Å². The lowest BCUT2D eigenvalue weighted by molar-refractivity contribution is 0.414. The van der Waals surface area contributed by atoms with Gasteiger partial charge < -0.3 is 14.5 Å². The molecule has 9 heteroatoms. The molecule has 0 amide bonds. The highest BCUT2D eigenvalue weighted by molar-refractivity contribution is 5.82. The van der Waals surface area contributed by atoms with E-state index in [2.05, 4.69) is 10.1 Å². The fourth-order valence-corrected chi connectivity index (χ4v) is 4.13. The molecule has 0 unspecified atom stereocenters. The molecule has 2 aromatic carbocycles. The first kappa shape index (κ1) is 22.3. The normalized spacial score (nSPS) is 11.2. The molecule has 0 aliphatic carbocycles. The number of rotatable bonds is 7. The van der Waals surface area contributed by atoms with Crippen molar-refractivity contribution >= 4 is 11.0 Å². The summed E-state index contributed by atoms with van der Waals surface area (Å²) in [5.74, 6) is 1.44. The summed E-state index contributed by atoms with van der Waals surface area (Å²) < 4.78 is 15.0. The number of nitrogens with zero attached hydrogens (tertiary/aromatic N) is 4. The fraction of sp³-hybridized carbons (Fsp3) is 0.192. The Kier molecular flexibility index (Phi) is 5.74. The van der Waals surface area contributed by atoms with Crippen LogP contribution in [0.25, 0.3) is 22.3 Å². The number of hydrogen-bond donors (Lipinski definition) is 1. The van der Waals surface area contributed by atoms with Gasteiger partial charge in [-0.3, -0.25) is 18.6 Å². The van der Waals surface area contributed by atoms with E-state index in [0.717, 1.165) is 28.1 Å². The molecular weight excluding hydrogens is 446 g/mol. The Hall–Kier alpha value is -4.53. The highest BCUT2D eigenvalue weighted by atomic mass is 16.5. The second-order valence-corrected chi connectivity index (χ2v) is 8.30. The fourth-order valence-electron chi connectivity index (χ4n) is 4.13. The molecular formula is C26H25N5O4. The van der Waals surface area contributed by atoms with Gasteiger partial charge in [-0.05, 0) is 41.5 Å². The first-order valence-electron chi connectivity index (χ1n) is 11.1. The second-order valence-electron chi connectivity index (χ2n) is 8.30. The predicted molar refractivity (Wildman–Crippen MR) is 133 cm³/mol. The van der Waals surface area contributed by atoms with Crippen LogP contribution in [0.3, 0.4) is 0 Å². The van der Waals surface area contributed by atoms with E-state index in [4.69, 9.17) is 9.47 Å². The van der Waals surface area contributed by atoms with E-state index in [1.807, 2.05) is 67.8 Å². The predicted octanol–water partition coefficient (Wildman–Crippen LogP) is 3.01. The van der Waals surface area contributed by atoms with Crippen molar-refractivity contribution in [1.82, 2.24) is 23.9 Å². The molecule has 0 aliphatic heterocycles. The number of ether oxygens (including phenoxy) is 2. The van der Waals surface area contributed by atoms with Crippen molar-refractivity contribution in [3.05, 3.63) is 99.0 Å². The van der Waals surface area contributed by atoms with Gasteiger partial charge in [0.2, 0.25) is 0 Å². The van der Waals surface area contributed by atoms with E-state index in [0.29, 0.717) is 23.3 Å². The smallest absolute Gasteiger partial charge is 0.332 e. The van der Waals surface area contributed by atoms with Crippen LogP contribution in [0.4, 0.5) is 0 Å². The average Bonchev–Trinajstić information content (AvgIpc) is 3.52. The Labute approximate surface area is 200 Å². The summed E-state index contributed by atoms with van der Waals surface area (Å²) in [5.41, 5.74) is 3.43. The Morgan fingerprint density at radius 2 is 1.43 bits per heavy atom. The summed E-state index contributed by atoms with van der Waals surface area (Å²) in [6.45, 7) is 0.439. The molecule has 0 spiro atoms. The molecule has 0 saturated carbocycles. The lowest BCUT2D eigenvalue weighted by atomic mass is 10.2. The minimum atomic E-state index is -0.383. The van der Waals surface area contributed by atoms with Gasteiger partial charge in [-0.25, -0.2) is 4.79 Å². The molecule has 3 heterocycles. The van der Waals surface area contributed by atoms with Crippen molar-refractivity contribution < 1.29 is 9.47 Å². The van der Waals surface area contributed by atoms with Crippen molar-refractivity contribution in [1.29, 1.82) is 0 Å². The highest BCUT2D eigenvalue weighted by Gasteiger charge is 2.18. The van der Waals surface area contributed by atoms with Crippen LogP contribution in [0.1, 0.15) is 11.1 Å². The van der Waals surface area contributed by atoms with Gasteiger partial charge in [-0.1, -0.05) is 24.3 Å². The Bertz CT molecular complexity index is 1610. The van der Waals surface area contributed by atoms with Crippen molar-refractivity contribution in [2.24, 2.45) is 7.05 Å². The van der Waals surface area contributed by atoms with Crippen LogP contribution in [0, 0.1) is 0 Å². The minimum Gasteiger partial charge on any atom is -0.497 e. The van der Waals surface area contributed by atoms with E-state index in [1.165, 1.54) is 4.57 Å². The third kappa shape index (κ3) is 4.23. The van der Waals surface area contributed by atoms with Crippen LogP contribution in [0.15, 0.2) is 76.6 Å². The van der Waals surface area contributed by atoms with Crippen LogP contribution >= 0.6 is 0 Å². The molecule has 0 atom stereocenters. The SMILES string of the molecule is COc1ccc(Cn2c(=O)c3[nH]c(-c4cnn(C)c4)cc3n(Cc3ccc(OC)cc3)c2=O)cc1. The third-order valence-electron chi connectivity index (χ3n) is 6.02. The lowest BCUT2D eigenvalue weighted by Crippen LogP contribution is -2.40. The topological polar surface area (TPSA) is 96.1 Å². The van der Waals surface area contributed by atoms with Crippen LogP contribution < -0.4 is 20.7 Å². The van der Waals surface area contributed by atoms with E-state index >= 15 is 0 Å². The molecule has 1 N–H and O–H groups in total. The number of benzene rings is 2. The molecule has 9 nitrogen and oxygen atoms in total. The number of H-pyrrole nitrogens is 1. The van der Waals surface area contributed by atoms with Crippen molar-refractivity contribution in [2.75, 3.05) is 14.2 Å². The van der Waals surface area contributed by atoms with Crippen molar-refractivity contribution in [3.8, 4) is 22.8 Å².